The van der Waals surface area contributed by atoms with Gasteiger partial charge >= 0.3 is 0 Å². The minimum Gasteiger partial charge on any atom is -0.350 e. The Balaban J connectivity index is 1.47. The highest BCUT2D eigenvalue weighted by Gasteiger charge is 2.40. The first-order valence-corrected chi connectivity index (χ1v) is 13.1. The van der Waals surface area contributed by atoms with Gasteiger partial charge in [0.15, 0.2) is 9.84 Å². The zero-order chi connectivity index (χ0) is 24.3. The van der Waals surface area contributed by atoms with Gasteiger partial charge in [-0.1, -0.05) is 23.7 Å². The lowest BCUT2D eigenvalue weighted by Gasteiger charge is -2.35. The second kappa shape index (κ2) is 10.1. The van der Waals surface area contributed by atoms with Crippen molar-refractivity contribution >= 4 is 33.3 Å². The number of piperidine rings is 1. The first kappa shape index (κ1) is 24.2. The molecule has 0 spiro atoms. The number of nitrogens with one attached hydrogen (secondary N) is 1. The topological polar surface area (TPSA) is 120 Å². The van der Waals surface area contributed by atoms with Crippen molar-refractivity contribution in [1.82, 2.24) is 15.2 Å². The number of hydrogen-bond donors (Lipinski definition) is 1. The predicted octanol–water partition coefficient (Wildman–Crippen LogP) is 3.12. The van der Waals surface area contributed by atoms with Crippen molar-refractivity contribution in [3.63, 3.8) is 0 Å². The van der Waals surface area contributed by atoms with E-state index in [-0.39, 0.29) is 34.7 Å². The van der Waals surface area contributed by atoms with Crippen LogP contribution >= 0.6 is 11.6 Å². The van der Waals surface area contributed by atoms with Crippen molar-refractivity contribution in [1.29, 1.82) is 5.26 Å². The highest BCUT2D eigenvalue weighted by Crippen LogP contribution is 2.36. The van der Waals surface area contributed by atoms with Gasteiger partial charge in [-0.3, -0.25) is 9.59 Å². The number of nitrogens with zero attached hydrogens (tertiary/aromatic N) is 3. The van der Waals surface area contributed by atoms with E-state index < -0.39 is 21.1 Å². The van der Waals surface area contributed by atoms with Crippen LogP contribution in [0.3, 0.4) is 0 Å². The van der Waals surface area contributed by atoms with Crippen LogP contribution in [0.15, 0.2) is 47.5 Å². The van der Waals surface area contributed by atoms with E-state index in [9.17, 15) is 18.0 Å². The molecule has 2 heterocycles. The van der Waals surface area contributed by atoms with Crippen LogP contribution in [0.2, 0.25) is 5.15 Å². The van der Waals surface area contributed by atoms with Crippen molar-refractivity contribution < 1.29 is 18.0 Å². The fourth-order valence-electron chi connectivity index (χ4n) is 4.35. The van der Waals surface area contributed by atoms with Crippen LogP contribution in [0, 0.1) is 17.2 Å². The second-order valence-electron chi connectivity index (χ2n) is 8.71. The molecule has 178 valence electrons. The van der Waals surface area contributed by atoms with Gasteiger partial charge in [0.2, 0.25) is 5.91 Å². The normalized spacial score (nSPS) is 22.4. The van der Waals surface area contributed by atoms with E-state index in [0.717, 1.165) is 18.4 Å². The number of amides is 2. The Morgan fingerprint density at radius 2 is 2.00 bits per heavy atom. The van der Waals surface area contributed by atoms with Crippen LogP contribution in [0.5, 0.6) is 0 Å². The Labute approximate surface area is 203 Å². The largest absolute Gasteiger partial charge is 0.350 e. The third-order valence-corrected chi connectivity index (χ3v) is 8.84. The van der Waals surface area contributed by atoms with Crippen LogP contribution in [-0.2, 0) is 21.2 Å². The molecule has 1 saturated carbocycles. The molecule has 2 amide bonds. The molecule has 2 aliphatic rings. The summed E-state index contributed by atoms with van der Waals surface area (Å²) in [6, 6.07) is 10.9. The Hall–Kier alpha value is -2.96. The summed E-state index contributed by atoms with van der Waals surface area (Å²) in [7, 11) is -3.62. The molecule has 34 heavy (non-hydrogen) atoms. The monoisotopic (exact) mass is 500 g/mol. The standard InChI is InChI=1S/C24H25ClN4O4S/c25-22-8-7-16(14-27-22)15-28-23(30)21-6-1-2-9-29(21)24(31)18-4-3-5-19(12-18)34(32,33)20-10-17(11-20)13-26/h3-5,7-8,12,14,17,20-21H,1-2,6,9-11,15H2,(H,28,30)/t17-,20+,21-/m1/s1. The van der Waals surface area contributed by atoms with Crippen LogP contribution in [0.1, 0.15) is 48.0 Å². The number of hydrogen-bond acceptors (Lipinski definition) is 6. The van der Waals surface area contributed by atoms with Gasteiger partial charge in [-0.05, 0) is 61.9 Å². The number of likely N-dealkylation sites (tertiary alicyclic amines) is 1. The van der Waals surface area contributed by atoms with Gasteiger partial charge in [0.1, 0.15) is 11.2 Å². The number of halogens is 1. The van der Waals surface area contributed by atoms with Crippen LogP contribution in [0.25, 0.3) is 0 Å². The Morgan fingerprint density at radius 1 is 1.21 bits per heavy atom. The molecular weight excluding hydrogens is 476 g/mol. The van der Waals surface area contributed by atoms with Gasteiger partial charge < -0.3 is 10.2 Å². The zero-order valence-corrected chi connectivity index (χ0v) is 20.1. The quantitative estimate of drug-likeness (QED) is 0.608. The number of nitriles is 1. The summed E-state index contributed by atoms with van der Waals surface area (Å²) in [6.45, 7) is 0.684. The average Bonchev–Trinajstić information content (AvgIpc) is 2.82. The highest BCUT2D eigenvalue weighted by molar-refractivity contribution is 7.92. The van der Waals surface area contributed by atoms with Crippen molar-refractivity contribution in [3.05, 3.63) is 58.9 Å². The number of benzene rings is 1. The smallest absolute Gasteiger partial charge is 0.254 e. The van der Waals surface area contributed by atoms with E-state index in [0.29, 0.717) is 31.0 Å². The Bertz CT molecular complexity index is 1220. The summed E-state index contributed by atoms with van der Waals surface area (Å²) >= 11 is 5.80. The fourth-order valence-corrected chi connectivity index (χ4v) is 6.38. The third kappa shape index (κ3) is 5.08. The summed E-state index contributed by atoms with van der Waals surface area (Å²) in [4.78, 5) is 31.9. The van der Waals surface area contributed by atoms with E-state index in [2.05, 4.69) is 16.4 Å². The second-order valence-corrected chi connectivity index (χ2v) is 11.3. The molecule has 1 aliphatic heterocycles. The molecule has 1 aromatic heterocycles. The minimum atomic E-state index is -3.62. The summed E-state index contributed by atoms with van der Waals surface area (Å²) in [5.74, 6) is -0.863. The van der Waals surface area contributed by atoms with Crippen LogP contribution in [0.4, 0.5) is 0 Å². The average molecular weight is 501 g/mol. The molecule has 0 bridgehead atoms. The number of carbonyl (C=O) groups is 2. The zero-order valence-electron chi connectivity index (χ0n) is 18.5. The summed E-state index contributed by atoms with van der Waals surface area (Å²) in [5.41, 5.74) is 1.03. The number of sulfone groups is 1. The van der Waals surface area contributed by atoms with Crippen LogP contribution < -0.4 is 5.32 Å². The molecular formula is C24H25ClN4O4S. The van der Waals surface area contributed by atoms with Gasteiger partial charge in [-0.25, -0.2) is 13.4 Å². The molecule has 8 nitrogen and oxygen atoms in total. The molecule has 0 radical (unpaired) electrons. The molecule has 1 aliphatic carbocycles. The Morgan fingerprint density at radius 3 is 2.71 bits per heavy atom. The Kier molecular flexibility index (Phi) is 7.19. The number of pyridine rings is 1. The maximum Gasteiger partial charge on any atom is 0.254 e. The van der Waals surface area contributed by atoms with E-state index in [1.165, 1.54) is 17.0 Å². The SMILES string of the molecule is N#C[C@H]1C[C@@H](S(=O)(=O)c2cccc(C(=O)N3CCCC[C@@H]3C(=O)NCc3ccc(Cl)nc3)c2)C1. The lowest BCUT2D eigenvalue weighted by atomic mass is 9.86. The maximum absolute atomic E-state index is 13.3. The van der Waals surface area contributed by atoms with Gasteiger partial charge in [0.25, 0.3) is 5.91 Å². The van der Waals surface area contributed by atoms with Crippen molar-refractivity contribution in [2.24, 2.45) is 5.92 Å². The third-order valence-electron chi connectivity index (χ3n) is 6.45. The molecule has 2 aromatic rings. The van der Waals surface area contributed by atoms with Crippen molar-refractivity contribution in [2.45, 2.75) is 54.8 Å². The summed E-state index contributed by atoms with van der Waals surface area (Å²) in [6.07, 6.45) is 4.33. The van der Waals surface area contributed by atoms with Gasteiger partial charge in [-0.15, -0.1) is 0 Å². The maximum atomic E-state index is 13.3. The molecule has 4 rings (SSSR count). The number of rotatable bonds is 6. The lowest BCUT2D eigenvalue weighted by molar-refractivity contribution is -0.126. The minimum absolute atomic E-state index is 0.0768. The molecule has 1 aromatic carbocycles. The highest BCUT2D eigenvalue weighted by atomic mass is 35.5. The van der Waals surface area contributed by atoms with Crippen molar-refractivity contribution in [2.75, 3.05) is 6.54 Å². The molecule has 1 N–H and O–H groups in total. The fraction of sp³-hybridized carbons (Fsp3) is 0.417. The predicted molar refractivity (Wildman–Crippen MR) is 126 cm³/mol. The van der Waals surface area contributed by atoms with Gasteiger partial charge in [0, 0.05) is 30.8 Å². The number of carbonyl (C=O) groups excluding carboxylic acids is 2. The lowest BCUT2D eigenvalue weighted by Crippen LogP contribution is -2.51. The molecule has 0 unspecified atom stereocenters. The van der Waals surface area contributed by atoms with E-state index >= 15 is 0 Å². The molecule has 1 atom stereocenters. The van der Waals surface area contributed by atoms with Gasteiger partial charge in [-0.2, -0.15) is 5.26 Å². The molecule has 10 heteroatoms. The van der Waals surface area contributed by atoms with E-state index in [1.54, 1.807) is 30.5 Å². The van der Waals surface area contributed by atoms with Crippen LogP contribution in [-0.4, -0.2) is 48.0 Å². The number of aromatic nitrogens is 1. The van der Waals surface area contributed by atoms with E-state index in [1.807, 2.05) is 0 Å². The summed E-state index contributed by atoms with van der Waals surface area (Å²) < 4.78 is 25.9. The molecule has 2 fully saturated rings. The first-order chi connectivity index (χ1) is 16.3. The van der Waals surface area contributed by atoms with Gasteiger partial charge in [0.05, 0.1) is 16.2 Å². The van der Waals surface area contributed by atoms with E-state index in [4.69, 9.17) is 16.9 Å². The molecule has 1 saturated heterocycles. The first-order valence-electron chi connectivity index (χ1n) is 11.2. The summed E-state index contributed by atoms with van der Waals surface area (Å²) in [5, 5.41) is 11.6. The van der Waals surface area contributed by atoms with Crippen molar-refractivity contribution in [3.8, 4) is 6.07 Å².